The van der Waals surface area contributed by atoms with Crippen LogP contribution in [0.1, 0.15) is 37.0 Å². The van der Waals surface area contributed by atoms with Gasteiger partial charge in [-0.05, 0) is 43.9 Å². The Balaban J connectivity index is 2.43. The summed E-state index contributed by atoms with van der Waals surface area (Å²) < 4.78 is 5.36. The molecule has 6 nitrogen and oxygen atoms in total. The Hall–Kier alpha value is -2.34. The summed E-state index contributed by atoms with van der Waals surface area (Å²) in [4.78, 5) is 23.3. The lowest BCUT2D eigenvalue weighted by Crippen LogP contribution is -2.37. The van der Waals surface area contributed by atoms with Gasteiger partial charge in [0.2, 0.25) is 0 Å². The average molecular weight is 333 g/mol. The van der Waals surface area contributed by atoms with Crippen molar-refractivity contribution in [2.24, 2.45) is 5.92 Å². The van der Waals surface area contributed by atoms with E-state index in [0.717, 1.165) is 10.9 Å². The molecule has 0 unspecified atom stereocenters. The van der Waals surface area contributed by atoms with Gasteiger partial charge >= 0.3 is 11.6 Å². The topological polar surface area (TPSA) is 99.8 Å². The SMILES string of the molecule is Cc1c(C)c2ccc(O)c(CN[C@H](CC(C)C)C(=O)O)c2oc1=O. The van der Waals surface area contributed by atoms with Crippen LogP contribution >= 0.6 is 0 Å². The molecule has 0 saturated carbocycles. The Morgan fingerprint density at radius 3 is 2.50 bits per heavy atom. The second kappa shape index (κ2) is 7.05. The first-order valence-corrected chi connectivity index (χ1v) is 7.93. The van der Waals surface area contributed by atoms with Gasteiger partial charge in [-0.15, -0.1) is 0 Å². The first kappa shape index (κ1) is 18.0. The van der Waals surface area contributed by atoms with Crippen molar-refractivity contribution >= 4 is 16.9 Å². The third-order valence-corrected chi connectivity index (χ3v) is 4.23. The summed E-state index contributed by atoms with van der Waals surface area (Å²) in [5.74, 6) is -0.769. The lowest BCUT2D eigenvalue weighted by atomic mass is 10.0. The molecule has 0 amide bonds. The lowest BCUT2D eigenvalue weighted by Gasteiger charge is -2.17. The normalized spacial score (nSPS) is 12.7. The van der Waals surface area contributed by atoms with Crippen molar-refractivity contribution in [2.75, 3.05) is 0 Å². The number of carbonyl (C=O) groups is 1. The number of nitrogens with one attached hydrogen (secondary N) is 1. The number of aromatic hydroxyl groups is 1. The zero-order chi connectivity index (χ0) is 18.0. The van der Waals surface area contributed by atoms with Crippen molar-refractivity contribution in [1.82, 2.24) is 5.32 Å². The van der Waals surface area contributed by atoms with Crippen LogP contribution in [0.3, 0.4) is 0 Å². The van der Waals surface area contributed by atoms with Crippen molar-refractivity contribution in [3.8, 4) is 5.75 Å². The molecule has 0 bridgehead atoms. The Labute approximate surface area is 140 Å². The summed E-state index contributed by atoms with van der Waals surface area (Å²) in [5.41, 5.74) is 1.55. The van der Waals surface area contributed by atoms with Crippen molar-refractivity contribution in [3.05, 3.63) is 39.2 Å². The van der Waals surface area contributed by atoms with Crippen molar-refractivity contribution in [1.29, 1.82) is 0 Å². The number of aliphatic carboxylic acids is 1. The highest BCUT2D eigenvalue weighted by Crippen LogP contribution is 2.29. The molecule has 1 atom stereocenters. The van der Waals surface area contributed by atoms with E-state index < -0.39 is 17.6 Å². The molecule has 0 radical (unpaired) electrons. The fourth-order valence-corrected chi connectivity index (χ4v) is 2.69. The molecule has 1 heterocycles. The lowest BCUT2D eigenvalue weighted by molar-refractivity contribution is -0.140. The van der Waals surface area contributed by atoms with E-state index >= 15 is 0 Å². The van der Waals surface area contributed by atoms with Crippen LogP contribution in [0.25, 0.3) is 11.0 Å². The monoisotopic (exact) mass is 333 g/mol. The highest BCUT2D eigenvalue weighted by Gasteiger charge is 2.20. The first-order valence-electron chi connectivity index (χ1n) is 7.93. The summed E-state index contributed by atoms with van der Waals surface area (Å²) >= 11 is 0. The number of phenolic OH excluding ortho intramolecular Hbond substituents is 1. The van der Waals surface area contributed by atoms with Crippen LogP contribution in [0.5, 0.6) is 5.75 Å². The number of benzene rings is 1. The molecule has 1 aromatic heterocycles. The summed E-state index contributed by atoms with van der Waals surface area (Å²) in [6, 6.07) is 2.49. The Bertz CT molecular complexity index is 822. The van der Waals surface area contributed by atoms with Crippen molar-refractivity contribution < 1.29 is 19.4 Å². The van der Waals surface area contributed by atoms with Gasteiger partial charge in [-0.25, -0.2) is 4.79 Å². The summed E-state index contributed by atoms with van der Waals surface area (Å²) in [6.45, 7) is 7.49. The summed E-state index contributed by atoms with van der Waals surface area (Å²) in [5, 5.41) is 23.1. The number of hydrogen-bond donors (Lipinski definition) is 3. The van der Waals surface area contributed by atoms with Gasteiger partial charge in [0.05, 0.1) is 5.56 Å². The molecule has 0 aliphatic rings. The first-order chi connectivity index (χ1) is 11.2. The average Bonchev–Trinajstić information content (AvgIpc) is 2.50. The van der Waals surface area contributed by atoms with Crippen LogP contribution in [-0.2, 0) is 11.3 Å². The van der Waals surface area contributed by atoms with E-state index in [1.54, 1.807) is 13.0 Å². The van der Waals surface area contributed by atoms with Gasteiger partial charge in [-0.1, -0.05) is 13.8 Å². The molecule has 24 heavy (non-hydrogen) atoms. The van der Waals surface area contributed by atoms with Gasteiger partial charge < -0.3 is 19.9 Å². The third-order valence-electron chi connectivity index (χ3n) is 4.23. The minimum absolute atomic E-state index is 0.0323. The molecule has 6 heteroatoms. The molecular weight excluding hydrogens is 310 g/mol. The standard InChI is InChI=1S/C18H23NO5/c1-9(2)7-14(17(21)22)19-8-13-15(20)6-5-12-10(3)11(4)18(23)24-16(12)13/h5-6,9,14,19-20H,7-8H2,1-4H3,(H,21,22)/t14-/m1/s1. The number of phenols is 1. The maximum absolute atomic E-state index is 11.9. The van der Waals surface area contributed by atoms with Crippen LogP contribution in [0, 0.1) is 19.8 Å². The van der Waals surface area contributed by atoms with Crippen LogP contribution in [0.2, 0.25) is 0 Å². The van der Waals surface area contributed by atoms with E-state index in [-0.39, 0.29) is 18.2 Å². The molecule has 0 saturated heterocycles. The van der Waals surface area contributed by atoms with E-state index in [0.29, 0.717) is 23.1 Å². The summed E-state index contributed by atoms with van der Waals surface area (Å²) in [6.07, 6.45) is 0.461. The molecule has 0 aliphatic carbocycles. The van der Waals surface area contributed by atoms with Crippen LogP contribution in [0.4, 0.5) is 0 Å². The van der Waals surface area contributed by atoms with E-state index in [4.69, 9.17) is 4.42 Å². The molecule has 0 fully saturated rings. The second-order valence-corrected chi connectivity index (χ2v) is 6.48. The Morgan fingerprint density at radius 2 is 1.92 bits per heavy atom. The Kier molecular flexibility index (Phi) is 5.29. The van der Waals surface area contributed by atoms with Crippen molar-refractivity contribution in [2.45, 2.75) is 46.7 Å². The van der Waals surface area contributed by atoms with Crippen molar-refractivity contribution in [3.63, 3.8) is 0 Å². The molecule has 1 aromatic carbocycles. The number of rotatable bonds is 6. The largest absolute Gasteiger partial charge is 0.507 e. The van der Waals surface area contributed by atoms with Crippen LogP contribution < -0.4 is 10.9 Å². The highest BCUT2D eigenvalue weighted by molar-refractivity contribution is 5.85. The van der Waals surface area contributed by atoms with E-state index in [2.05, 4.69) is 5.32 Å². The molecule has 2 aromatic rings. The fourth-order valence-electron chi connectivity index (χ4n) is 2.69. The quantitative estimate of drug-likeness (QED) is 0.703. The zero-order valence-electron chi connectivity index (χ0n) is 14.3. The number of carboxylic acids is 1. The smallest absolute Gasteiger partial charge is 0.339 e. The van der Waals surface area contributed by atoms with Gasteiger partial charge in [-0.3, -0.25) is 4.79 Å². The molecule has 2 rings (SSSR count). The second-order valence-electron chi connectivity index (χ2n) is 6.48. The minimum atomic E-state index is -0.947. The van der Waals surface area contributed by atoms with E-state index in [1.807, 2.05) is 20.8 Å². The fraction of sp³-hybridized carbons (Fsp3) is 0.444. The van der Waals surface area contributed by atoms with Gasteiger partial charge in [0.15, 0.2) is 0 Å². The van der Waals surface area contributed by atoms with Gasteiger partial charge in [0, 0.05) is 17.5 Å². The molecule has 0 aliphatic heterocycles. The van der Waals surface area contributed by atoms with Gasteiger partial charge in [0.25, 0.3) is 0 Å². The Morgan fingerprint density at radius 1 is 1.25 bits per heavy atom. The number of carboxylic acid groups (broad SMARTS) is 1. The minimum Gasteiger partial charge on any atom is -0.507 e. The predicted molar refractivity (Wildman–Crippen MR) is 91.3 cm³/mol. The zero-order valence-corrected chi connectivity index (χ0v) is 14.3. The predicted octanol–water partition coefficient (Wildman–Crippen LogP) is 2.70. The van der Waals surface area contributed by atoms with Gasteiger partial charge in [0.1, 0.15) is 17.4 Å². The van der Waals surface area contributed by atoms with E-state index in [9.17, 15) is 19.8 Å². The van der Waals surface area contributed by atoms with Crippen LogP contribution in [-0.4, -0.2) is 22.2 Å². The number of fused-ring (bicyclic) bond motifs is 1. The van der Waals surface area contributed by atoms with E-state index in [1.165, 1.54) is 6.07 Å². The maximum atomic E-state index is 11.9. The number of aryl methyl sites for hydroxylation is 1. The maximum Gasteiger partial charge on any atom is 0.339 e. The molecule has 3 N–H and O–H groups in total. The number of hydrogen-bond acceptors (Lipinski definition) is 5. The third kappa shape index (κ3) is 3.59. The van der Waals surface area contributed by atoms with Gasteiger partial charge in [-0.2, -0.15) is 0 Å². The molecular formula is C18H23NO5. The van der Waals surface area contributed by atoms with Crippen LogP contribution in [0.15, 0.2) is 21.3 Å². The highest BCUT2D eigenvalue weighted by atomic mass is 16.4. The summed E-state index contributed by atoms with van der Waals surface area (Å²) in [7, 11) is 0. The molecule has 130 valence electrons. The molecule has 0 spiro atoms.